The molecule has 4 nitrogen and oxygen atoms in total. The van der Waals surface area contributed by atoms with E-state index < -0.39 is 11.9 Å². The van der Waals surface area contributed by atoms with Crippen molar-refractivity contribution in [2.75, 3.05) is 0 Å². The van der Waals surface area contributed by atoms with E-state index in [0.717, 1.165) is 16.3 Å². The zero-order valence-corrected chi connectivity index (χ0v) is 16.5. The number of fused-ring (bicyclic) bond motifs is 1. The molecule has 0 saturated heterocycles. The summed E-state index contributed by atoms with van der Waals surface area (Å²) >= 11 is 0. The minimum absolute atomic E-state index is 0.0597. The summed E-state index contributed by atoms with van der Waals surface area (Å²) < 4.78 is 0. The predicted molar refractivity (Wildman–Crippen MR) is 113 cm³/mol. The Morgan fingerprint density at radius 3 is 2.21 bits per heavy atom. The number of hydrogen-bond donors (Lipinski definition) is 2. The Morgan fingerprint density at radius 2 is 1.57 bits per heavy atom. The third-order valence-electron chi connectivity index (χ3n) is 4.94. The molecule has 3 aromatic rings. The first-order chi connectivity index (χ1) is 13.3. The van der Waals surface area contributed by atoms with Crippen molar-refractivity contribution >= 4 is 22.6 Å². The smallest absolute Gasteiger partial charge is 0.252 e. The quantitative estimate of drug-likeness (QED) is 0.709. The van der Waals surface area contributed by atoms with Gasteiger partial charge in [-0.2, -0.15) is 0 Å². The molecule has 0 aliphatic heterocycles. The van der Waals surface area contributed by atoms with Gasteiger partial charge < -0.3 is 11.1 Å². The number of benzene rings is 3. The van der Waals surface area contributed by atoms with Crippen LogP contribution in [0, 0.1) is 0 Å². The van der Waals surface area contributed by atoms with Gasteiger partial charge >= 0.3 is 0 Å². The minimum Gasteiger partial charge on any atom is -0.368 e. The lowest BCUT2D eigenvalue weighted by Gasteiger charge is -2.20. The molecule has 0 aliphatic carbocycles. The summed E-state index contributed by atoms with van der Waals surface area (Å²) in [6.07, 6.45) is 0.357. The molecule has 0 radical (unpaired) electrons. The van der Waals surface area contributed by atoms with Gasteiger partial charge in [-0.1, -0.05) is 81.4 Å². The molecule has 0 aromatic heterocycles. The highest BCUT2D eigenvalue weighted by molar-refractivity contribution is 6.08. The molecular weight excluding hydrogens is 348 g/mol. The summed E-state index contributed by atoms with van der Waals surface area (Å²) in [5, 5.41) is 4.63. The van der Waals surface area contributed by atoms with E-state index in [0.29, 0.717) is 12.0 Å². The third-order valence-corrected chi connectivity index (χ3v) is 4.94. The zero-order valence-electron chi connectivity index (χ0n) is 16.5. The third kappa shape index (κ3) is 4.39. The summed E-state index contributed by atoms with van der Waals surface area (Å²) in [5.41, 5.74) is 8.33. The highest BCUT2D eigenvalue weighted by Gasteiger charge is 2.21. The molecule has 0 heterocycles. The SMILES string of the molecule is CC(C)(C)c1ccc(C[C@@H](NC(=O)c2cccc3ccccc23)C(N)=O)cc1. The molecule has 0 bridgehead atoms. The van der Waals surface area contributed by atoms with Crippen LogP contribution in [-0.2, 0) is 16.6 Å². The topological polar surface area (TPSA) is 72.2 Å². The molecule has 144 valence electrons. The van der Waals surface area contributed by atoms with Crippen molar-refractivity contribution in [1.82, 2.24) is 5.32 Å². The van der Waals surface area contributed by atoms with Crippen LogP contribution in [0.5, 0.6) is 0 Å². The lowest BCUT2D eigenvalue weighted by Crippen LogP contribution is -2.45. The van der Waals surface area contributed by atoms with Crippen molar-refractivity contribution in [1.29, 1.82) is 0 Å². The Labute approximate surface area is 165 Å². The summed E-state index contributed by atoms with van der Waals surface area (Å²) in [7, 11) is 0. The average molecular weight is 374 g/mol. The highest BCUT2D eigenvalue weighted by Crippen LogP contribution is 2.23. The Hall–Kier alpha value is -3.14. The van der Waals surface area contributed by atoms with Gasteiger partial charge in [0.1, 0.15) is 6.04 Å². The van der Waals surface area contributed by atoms with Crippen molar-refractivity contribution in [3.63, 3.8) is 0 Å². The fourth-order valence-electron chi connectivity index (χ4n) is 3.26. The van der Waals surface area contributed by atoms with Gasteiger partial charge in [-0.3, -0.25) is 9.59 Å². The van der Waals surface area contributed by atoms with E-state index in [4.69, 9.17) is 5.73 Å². The molecule has 0 aliphatic rings. The van der Waals surface area contributed by atoms with Gasteiger partial charge in [-0.15, -0.1) is 0 Å². The van der Waals surface area contributed by atoms with Gasteiger partial charge in [-0.25, -0.2) is 0 Å². The monoisotopic (exact) mass is 374 g/mol. The molecule has 4 heteroatoms. The van der Waals surface area contributed by atoms with Gasteiger partial charge in [0.2, 0.25) is 5.91 Å². The van der Waals surface area contributed by atoms with Crippen LogP contribution in [0.1, 0.15) is 42.3 Å². The van der Waals surface area contributed by atoms with Crippen LogP contribution >= 0.6 is 0 Å². The number of nitrogens with one attached hydrogen (secondary N) is 1. The van der Waals surface area contributed by atoms with Crippen LogP contribution in [0.3, 0.4) is 0 Å². The maximum absolute atomic E-state index is 12.8. The standard InChI is InChI=1S/C24H26N2O2/c1-24(2,3)18-13-11-16(12-14-18)15-21(22(25)27)26-23(28)20-10-6-8-17-7-4-5-9-19(17)20/h4-14,21H,15H2,1-3H3,(H2,25,27)(H,26,28)/t21-/m1/s1. The Kier molecular flexibility index (Phi) is 5.50. The highest BCUT2D eigenvalue weighted by atomic mass is 16.2. The van der Waals surface area contributed by atoms with E-state index in [1.165, 1.54) is 5.56 Å². The van der Waals surface area contributed by atoms with E-state index in [-0.39, 0.29) is 11.3 Å². The molecule has 0 spiro atoms. The minimum atomic E-state index is -0.771. The first kappa shape index (κ1) is 19.6. The van der Waals surface area contributed by atoms with Crippen LogP contribution < -0.4 is 11.1 Å². The molecule has 28 heavy (non-hydrogen) atoms. The van der Waals surface area contributed by atoms with Gasteiger partial charge in [0.25, 0.3) is 5.91 Å². The van der Waals surface area contributed by atoms with Crippen molar-refractivity contribution in [3.05, 3.63) is 83.4 Å². The zero-order chi connectivity index (χ0) is 20.3. The van der Waals surface area contributed by atoms with Gasteiger partial charge in [-0.05, 0) is 33.4 Å². The van der Waals surface area contributed by atoms with Crippen molar-refractivity contribution in [3.8, 4) is 0 Å². The molecule has 2 amide bonds. The molecule has 3 aromatic carbocycles. The fourth-order valence-corrected chi connectivity index (χ4v) is 3.26. The van der Waals surface area contributed by atoms with Gasteiger partial charge in [0.05, 0.1) is 0 Å². The Balaban J connectivity index is 1.79. The van der Waals surface area contributed by atoms with E-state index in [2.05, 4.69) is 38.2 Å². The maximum Gasteiger partial charge on any atom is 0.252 e. The molecular formula is C24H26N2O2. The Morgan fingerprint density at radius 1 is 0.929 bits per heavy atom. The number of hydrogen-bond acceptors (Lipinski definition) is 2. The molecule has 0 fully saturated rings. The van der Waals surface area contributed by atoms with Crippen LogP contribution in [0.15, 0.2) is 66.7 Å². The second-order valence-electron chi connectivity index (χ2n) is 8.11. The largest absolute Gasteiger partial charge is 0.368 e. The van der Waals surface area contributed by atoms with Crippen LogP contribution in [0.4, 0.5) is 0 Å². The second-order valence-corrected chi connectivity index (χ2v) is 8.11. The molecule has 0 saturated carbocycles. The summed E-state index contributed by atoms with van der Waals surface area (Å²) in [5.74, 6) is -0.847. The number of primary amides is 1. The lowest BCUT2D eigenvalue weighted by molar-refractivity contribution is -0.119. The summed E-state index contributed by atoms with van der Waals surface area (Å²) in [6, 6.07) is 20.5. The maximum atomic E-state index is 12.8. The van der Waals surface area contributed by atoms with Gasteiger partial charge in [0.15, 0.2) is 0 Å². The number of carbonyl (C=O) groups excluding carboxylic acids is 2. The second kappa shape index (κ2) is 7.85. The number of amides is 2. The normalized spacial score (nSPS) is 12.5. The number of carbonyl (C=O) groups is 2. The van der Waals surface area contributed by atoms with E-state index in [9.17, 15) is 9.59 Å². The van der Waals surface area contributed by atoms with E-state index in [1.807, 2.05) is 48.5 Å². The van der Waals surface area contributed by atoms with Crippen LogP contribution in [-0.4, -0.2) is 17.9 Å². The first-order valence-corrected chi connectivity index (χ1v) is 9.43. The first-order valence-electron chi connectivity index (χ1n) is 9.43. The van der Waals surface area contributed by atoms with Crippen molar-refractivity contribution in [2.24, 2.45) is 5.73 Å². The fraction of sp³-hybridized carbons (Fsp3) is 0.250. The van der Waals surface area contributed by atoms with Gasteiger partial charge in [0, 0.05) is 12.0 Å². The van der Waals surface area contributed by atoms with Crippen LogP contribution in [0.2, 0.25) is 0 Å². The van der Waals surface area contributed by atoms with Crippen molar-refractivity contribution < 1.29 is 9.59 Å². The molecule has 3 rings (SSSR count). The Bertz CT molecular complexity index is 996. The molecule has 1 atom stereocenters. The summed E-state index contributed by atoms with van der Waals surface area (Å²) in [4.78, 5) is 24.8. The predicted octanol–water partition coefficient (Wildman–Crippen LogP) is 3.96. The average Bonchev–Trinajstić information content (AvgIpc) is 2.66. The van der Waals surface area contributed by atoms with E-state index in [1.54, 1.807) is 6.07 Å². The van der Waals surface area contributed by atoms with Crippen LogP contribution in [0.25, 0.3) is 10.8 Å². The number of nitrogens with two attached hydrogens (primary N) is 1. The van der Waals surface area contributed by atoms with E-state index >= 15 is 0 Å². The lowest BCUT2D eigenvalue weighted by atomic mass is 9.86. The molecule has 3 N–H and O–H groups in total. The molecule has 0 unspecified atom stereocenters. The van der Waals surface area contributed by atoms with Crippen molar-refractivity contribution in [2.45, 2.75) is 38.6 Å². The summed E-state index contributed by atoms with van der Waals surface area (Å²) in [6.45, 7) is 6.45. The number of rotatable bonds is 5.